The molecule has 0 aliphatic rings. The van der Waals surface area contributed by atoms with Crippen molar-refractivity contribution >= 4 is 203 Å². The summed E-state index contributed by atoms with van der Waals surface area (Å²) in [5, 5.41) is 0. The third-order valence-corrected chi connectivity index (χ3v) is 10.8. The van der Waals surface area contributed by atoms with Crippen LogP contribution in [0, 0.1) is 0 Å². The van der Waals surface area contributed by atoms with Crippen molar-refractivity contribution in [2.24, 2.45) is 0 Å². The van der Waals surface area contributed by atoms with E-state index in [9.17, 15) is 0 Å². The molecule has 64 heavy (non-hydrogen) atoms. The quantitative estimate of drug-likeness (QED) is 0.138. The van der Waals surface area contributed by atoms with Crippen LogP contribution >= 0.6 is 0 Å². The molecule has 0 saturated heterocycles. The van der Waals surface area contributed by atoms with Crippen LogP contribution in [0.1, 0.15) is 0 Å². The summed E-state index contributed by atoms with van der Waals surface area (Å²) in [4.78, 5) is 16.0. The normalized spacial score (nSPS) is 11.1. The smallest absolute Gasteiger partial charge is 0.164 e. The Labute approximate surface area is 391 Å². The molecule has 0 N–H and O–H groups in total. The summed E-state index contributed by atoms with van der Waals surface area (Å²) in [6.45, 7) is 0. The lowest BCUT2D eigenvalue weighted by atomic mass is 9.59. The van der Waals surface area contributed by atoms with Crippen LogP contribution in [0.4, 0.5) is 17.1 Å². The molecule has 0 aliphatic heterocycles. The van der Waals surface area contributed by atoms with E-state index >= 15 is 0 Å². The maximum Gasteiger partial charge on any atom is 0.164 e. The van der Waals surface area contributed by atoms with Crippen molar-refractivity contribution in [3.05, 3.63) is 109 Å². The van der Waals surface area contributed by atoms with Crippen LogP contribution in [0.3, 0.4) is 0 Å². The number of rotatable bonds is 9. The van der Waals surface area contributed by atoms with Crippen molar-refractivity contribution in [2.75, 3.05) is 4.90 Å². The first-order valence-corrected chi connectivity index (χ1v) is 19.4. The van der Waals surface area contributed by atoms with Gasteiger partial charge in [0.05, 0.1) is 0 Å². The van der Waals surface area contributed by atoms with E-state index in [1.54, 1.807) is 30.3 Å². The summed E-state index contributed by atoms with van der Waals surface area (Å²) in [7, 11) is 92.7. The van der Waals surface area contributed by atoms with Crippen molar-refractivity contribution in [3.8, 4) is 56.8 Å². The first-order valence-electron chi connectivity index (χ1n) is 19.4. The summed E-state index contributed by atoms with van der Waals surface area (Å²) in [5.41, 5.74) is 0.737. The summed E-state index contributed by atoms with van der Waals surface area (Å²) in [6.07, 6.45) is 0. The van der Waals surface area contributed by atoms with Crippen molar-refractivity contribution in [2.45, 2.75) is 0 Å². The number of hydrogen-bond acceptors (Lipinski definition) is 5. The van der Waals surface area contributed by atoms with Crippen molar-refractivity contribution in [1.29, 1.82) is 0 Å². The monoisotopic (exact) mass is 784 g/mol. The molecule has 5 nitrogen and oxygen atoms in total. The van der Waals surface area contributed by atoms with Crippen LogP contribution < -0.4 is 86.1 Å². The lowest BCUT2D eigenvalue weighted by Crippen LogP contribution is -2.60. The fraction of sp³-hybridized carbons (Fsp3) is 0. The molecular formula is C45H18B14N4O. The minimum Gasteiger partial charge on any atom is -0.457 e. The van der Waals surface area contributed by atoms with Gasteiger partial charge in [0.2, 0.25) is 0 Å². The molecule has 0 fully saturated rings. The SMILES string of the molecule is [B]c1c([B])c([B])c(N(c2c([B])c([B])c([B])c([B])c2[B])c2c([B])c([B])c(-c3cc(Oc4ccccc4)cc(-c4nc(-c5ccccc5)nc(-c5ccccc5)n4)c3)c([B])c2[B])c([B])c1[B]. The molecule has 0 unspecified atom stereocenters. The molecule has 1 aromatic heterocycles. The highest BCUT2D eigenvalue weighted by Gasteiger charge is 2.28. The van der Waals surface area contributed by atoms with E-state index in [2.05, 4.69) is 0 Å². The number of hydrogen-bond donors (Lipinski definition) is 0. The Hall–Kier alpha value is -5.94. The van der Waals surface area contributed by atoms with Crippen LogP contribution in [0.15, 0.2) is 109 Å². The summed E-state index contributed by atoms with van der Waals surface area (Å²) in [5.74, 6) is 2.08. The van der Waals surface area contributed by atoms with E-state index in [0.29, 0.717) is 40.1 Å². The Morgan fingerprint density at radius 3 is 1.00 bits per heavy atom. The molecule has 0 amide bonds. The van der Waals surface area contributed by atoms with E-state index < -0.39 is 0 Å². The highest BCUT2D eigenvalue weighted by molar-refractivity contribution is 6.72. The van der Waals surface area contributed by atoms with Crippen molar-refractivity contribution in [3.63, 3.8) is 0 Å². The Bertz CT molecular complexity index is 2930. The molecule has 266 valence electrons. The molecular weight excluding hydrogens is 764 g/mol. The Morgan fingerprint density at radius 1 is 0.297 bits per heavy atom. The average Bonchev–Trinajstić information content (AvgIpc) is 3.31. The lowest BCUT2D eigenvalue weighted by molar-refractivity contribution is 0.483. The molecule has 28 radical (unpaired) electrons. The Kier molecular flexibility index (Phi) is 12.5. The number of ether oxygens (including phenoxy) is 1. The van der Waals surface area contributed by atoms with Gasteiger partial charge in [-0.15, -0.1) is 32.8 Å². The van der Waals surface area contributed by atoms with E-state index in [1.807, 2.05) is 78.9 Å². The standard InChI is InChI=1S/C45H18B14N4O/c46-26-25(27(47)35(55)40(34(26)54)63(41-36(56)30(50)28(48)31(51)37(41)57)42-38(58)32(52)29(49)33(53)39(42)59)21-16-22(18-24(17-21)64-23-14-8-3-9-15-23)45-61-43(19-10-4-1-5-11-19)60-44(62-45)20-12-6-2-7-13-20/h1-18H. The maximum absolute atomic E-state index is 7.06. The number of aromatic nitrogens is 3. The zero-order chi connectivity index (χ0) is 45.7. The van der Waals surface area contributed by atoms with Gasteiger partial charge in [-0.3, -0.25) is 0 Å². The van der Waals surface area contributed by atoms with Gasteiger partial charge in [-0.1, -0.05) is 123 Å². The molecule has 8 aromatic rings. The fourth-order valence-electron chi connectivity index (χ4n) is 7.35. The highest BCUT2D eigenvalue weighted by Crippen LogP contribution is 2.34. The first kappa shape index (κ1) is 44.7. The largest absolute Gasteiger partial charge is 0.457 e. The number of anilines is 3. The van der Waals surface area contributed by atoms with Gasteiger partial charge in [-0.2, -0.15) is 0 Å². The number of nitrogens with zero attached hydrogens (tertiary/aromatic N) is 4. The van der Waals surface area contributed by atoms with Crippen molar-refractivity contribution < 1.29 is 4.74 Å². The second-order valence-electron chi connectivity index (χ2n) is 14.7. The number of para-hydroxylation sites is 1. The summed E-state index contributed by atoms with van der Waals surface area (Å²) < 4.78 is 6.42. The highest BCUT2D eigenvalue weighted by atomic mass is 16.5. The zero-order valence-corrected chi connectivity index (χ0v) is 34.2. The second-order valence-corrected chi connectivity index (χ2v) is 14.7. The predicted octanol–water partition coefficient (Wildman–Crippen LogP) is -5.09. The average molecular weight is 782 g/mol. The molecule has 19 heteroatoms. The minimum atomic E-state index is -0.158. The van der Waals surface area contributed by atoms with Gasteiger partial charge in [0.15, 0.2) is 17.5 Å². The molecule has 7 aromatic carbocycles. The molecule has 0 aliphatic carbocycles. The van der Waals surface area contributed by atoms with Gasteiger partial charge in [0.1, 0.15) is 121 Å². The van der Waals surface area contributed by atoms with Crippen LogP contribution in [-0.2, 0) is 0 Å². The van der Waals surface area contributed by atoms with Crippen LogP contribution in [-0.4, -0.2) is 125 Å². The van der Waals surface area contributed by atoms with Gasteiger partial charge >= 0.3 is 0 Å². The fourth-order valence-corrected chi connectivity index (χ4v) is 7.35. The van der Waals surface area contributed by atoms with Gasteiger partial charge in [0.25, 0.3) is 0 Å². The van der Waals surface area contributed by atoms with E-state index in [0.717, 1.165) is 11.1 Å². The van der Waals surface area contributed by atoms with Crippen LogP contribution in [0.5, 0.6) is 11.5 Å². The van der Waals surface area contributed by atoms with Crippen molar-refractivity contribution in [1.82, 2.24) is 15.0 Å². The molecule has 0 saturated carbocycles. The summed E-state index contributed by atoms with van der Waals surface area (Å²) in [6, 6.07) is 33.5. The zero-order valence-electron chi connectivity index (χ0n) is 34.2. The Balaban J connectivity index is 1.41. The van der Waals surface area contributed by atoms with Gasteiger partial charge in [0, 0.05) is 33.8 Å². The van der Waals surface area contributed by atoms with E-state index in [1.165, 1.54) is 4.90 Å². The molecule has 0 atom stereocenters. The molecule has 1 heterocycles. The maximum atomic E-state index is 7.06. The molecule has 0 bridgehead atoms. The topological polar surface area (TPSA) is 51.1 Å². The third-order valence-electron chi connectivity index (χ3n) is 10.8. The molecule has 8 rings (SSSR count). The van der Waals surface area contributed by atoms with Crippen LogP contribution in [0.25, 0.3) is 45.3 Å². The molecule has 0 spiro atoms. The van der Waals surface area contributed by atoms with E-state index in [-0.39, 0.29) is 99.1 Å². The van der Waals surface area contributed by atoms with Gasteiger partial charge < -0.3 is 9.64 Å². The number of benzene rings is 7. The Morgan fingerprint density at radius 2 is 0.609 bits per heavy atom. The van der Waals surface area contributed by atoms with Crippen LogP contribution in [0.2, 0.25) is 0 Å². The van der Waals surface area contributed by atoms with Gasteiger partial charge in [-0.25, -0.2) is 15.0 Å². The minimum absolute atomic E-state index is 0.0535. The van der Waals surface area contributed by atoms with E-state index in [4.69, 9.17) is 130 Å². The lowest BCUT2D eigenvalue weighted by Gasteiger charge is -2.40. The summed E-state index contributed by atoms with van der Waals surface area (Å²) >= 11 is 0. The van der Waals surface area contributed by atoms with Gasteiger partial charge in [-0.05, 0) is 41.5 Å². The first-order chi connectivity index (χ1) is 30.6. The predicted molar refractivity (Wildman–Crippen MR) is 278 cm³/mol. The second kappa shape index (κ2) is 17.9. The third kappa shape index (κ3) is 7.97.